The number of hydrogen-bond donors (Lipinski definition) is 3. The number of nitrogen functional groups attached to an aromatic ring is 1. The summed E-state index contributed by atoms with van der Waals surface area (Å²) in [6.07, 6.45) is 3.84. The summed E-state index contributed by atoms with van der Waals surface area (Å²) in [5.74, 6) is 2.50. The Hall–Kier alpha value is -2.21. The van der Waals surface area contributed by atoms with E-state index in [-0.39, 0.29) is 5.82 Å². The number of nitrogens with zero attached hydrogens (tertiary/aromatic N) is 4. The summed E-state index contributed by atoms with van der Waals surface area (Å²) in [6, 6.07) is 0. The molecular formula is C11H11N5O3. The lowest BCUT2D eigenvalue weighted by atomic mass is 10.1. The van der Waals surface area contributed by atoms with Gasteiger partial charge in [-0.15, -0.1) is 6.42 Å². The van der Waals surface area contributed by atoms with Gasteiger partial charge >= 0.3 is 0 Å². The van der Waals surface area contributed by atoms with Crippen molar-refractivity contribution in [2.24, 2.45) is 0 Å². The molecule has 2 aromatic rings. The minimum atomic E-state index is -1.17. The third-order valence-corrected chi connectivity index (χ3v) is 3.06. The molecule has 1 fully saturated rings. The van der Waals surface area contributed by atoms with Gasteiger partial charge in [-0.3, -0.25) is 4.57 Å². The Balaban J connectivity index is 2.07. The van der Waals surface area contributed by atoms with Crippen molar-refractivity contribution in [3.8, 4) is 12.3 Å². The topological polar surface area (TPSA) is 119 Å². The Morgan fingerprint density at radius 1 is 1.32 bits per heavy atom. The van der Waals surface area contributed by atoms with Crippen molar-refractivity contribution in [1.82, 2.24) is 19.5 Å². The largest absolute Gasteiger partial charge is 0.386 e. The molecular weight excluding hydrogens is 250 g/mol. The average molecular weight is 261 g/mol. The number of nitrogens with two attached hydrogens (primary N) is 1. The molecule has 2 aromatic heterocycles. The first-order valence-corrected chi connectivity index (χ1v) is 5.54. The van der Waals surface area contributed by atoms with Crippen LogP contribution in [0.2, 0.25) is 0 Å². The zero-order valence-electron chi connectivity index (χ0n) is 9.71. The zero-order chi connectivity index (χ0) is 13.6. The molecule has 98 valence electrons. The number of imidazole rings is 1. The van der Waals surface area contributed by atoms with Gasteiger partial charge in [0.1, 0.15) is 30.2 Å². The number of aromatic nitrogens is 4. The third-order valence-electron chi connectivity index (χ3n) is 3.06. The predicted molar refractivity (Wildman–Crippen MR) is 64.5 cm³/mol. The zero-order valence-corrected chi connectivity index (χ0v) is 9.71. The van der Waals surface area contributed by atoms with Crippen molar-refractivity contribution in [1.29, 1.82) is 0 Å². The highest BCUT2D eigenvalue weighted by Crippen LogP contribution is 2.31. The molecule has 0 aromatic carbocycles. The fraction of sp³-hybridized carbons (Fsp3) is 0.364. The van der Waals surface area contributed by atoms with Crippen LogP contribution < -0.4 is 5.73 Å². The van der Waals surface area contributed by atoms with Crippen LogP contribution in [-0.4, -0.2) is 48.0 Å². The van der Waals surface area contributed by atoms with Gasteiger partial charge in [-0.2, -0.15) is 0 Å². The van der Waals surface area contributed by atoms with Crippen molar-refractivity contribution in [3.05, 3.63) is 12.7 Å². The van der Waals surface area contributed by atoms with E-state index in [1.807, 2.05) is 0 Å². The Bertz CT molecular complexity index is 664. The minimum absolute atomic E-state index is 0.227. The molecule has 1 saturated heterocycles. The van der Waals surface area contributed by atoms with Crippen molar-refractivity contribution in [3.63, 3.8) is 0 Å². The molecule has 8 heteroatoms. The van der Waals surface area contributed by atoms with Crippen molar-refractivity contribution < 1.29 is 14.9 Å². The van der Waals surface area contributed by atoms with Crippen LogP contribution >= 0.6 is 0 Å². The number of anilines is 1. The van der Waals surface area contributed by atoms with E-state index in [1.165, 1.54) is 17.2 Å². The molecule has 0 amide bonds. The van der Waals surface area contributed by atoms with Gasteiger partial charge in [0.05, 0.1) is 6.33 Å². The first-order valence-electron chi connectivity index (χ1n) is 5.54. The molecule has 0 unspecified atom stereocenters. The summed E-state index contributed by atoms with van der Waals surface area (Å²) < 4.78 is 6.88. The van der Waals surface area contributed by atoms with Crippen molar-refractivity contribution in [2.75, 3.05) is 5.73 Å². The van der Waals surface area contributed by atoms with E-state index in [9.17, 15) is 10.2 Å². The highest BCUT2D eigenvalue weighted by Gasteiger charge is 2.43. The van der Waals surface area contributed by atoms with Crippen LogP contribution in [0.3, 0.4) is 0 Å². The Morgan fingerprint density at radius 2 is 2.11 bits per heavy atom. The highest BCUT2D eigenvalue weighted by atomic mass is 16.6. The third kappa shape index (κ3) is 1.64. The number of terminal acetylenes is 1. The van der Waals surface area contributed by atoms with Crippen LogP contribution in [0.4, 0.5) is 5.82 Å². The fourth-order valence-electron chi connectivity index (χ4n) is 2.08. The van der Waals surface area contributed by atoms with E-state index in [4.69, 9.17) is 16.9 Å². The second-order valence-electron chi connectivity index (χ2n) is 4.18. The van der Waals surface area contributed by atoms with E-state index in [1.54, 1.807) is 0 Å². The molecule has 0 spiro atoms. The molecule has 3 rings (SSSR count). The van der Waals surface area contributed by atoms with Crippen LogP contribution in [0.15, 0.2) is 12.7 Å². The molecule has 4 N–H and O–H groups in total. The lowest BCUT2D eigenvalue weighted by Crippen LogP contribution is -2.30. The summed E-state index contributed by atoms with van der Waals surface area (Å²) in [4.78, 5) is 11.9. The molecule has 0 aliphatic carbocycles. The van der Waals surface area contributed by atoms with Gasteiger partial charge in [0.2, 0.25) is 0 Å². The monoisotopic (exact) mass is 261 g/mol. The summed E-state index contributed by atoms with van der Waals surface area (Å²) in [5.41, 5.74) is 6.48. The predicted octanol–water partition coefficient (Wildman–Crippen LogP) is -1.34. The lowest BCUT2D eigenvalue weighted by Gasteiger charge is -2.16. The fourth-order valence-corrected chi connectivity index (χ4v) is 2.08. The molecule has 4 atom stereocenters. The molecule has 19 heavy (non-hydrogen) atoms. The van der Waals surface area contributed by atoms with Crippen LogP contribution in [-0.2, 0) is 4.74 Å². The SMILES string of the molecule is C#C[C@@H]1O[C@H](n2cnc3c(N)ncnc32)[C@@H](O)[C@H]1O. The van der Waals surface area contributed by atoms with Crippen molar-refractivity contribution >= 4 is 17.0 Å². The molecule has 8 nitrogen and oxygen atoms in total. The Morgan fingerprint density at radius 3 is 2.79 bits per heavy atom. The van der Waals surface area contributed by atoms with Crippen LogP contribution in [0, 0.1) is 12.3 Å². The van der Waals surface area contributed by atoms with Gasteiger partial charge in [0, 0.05) is 0 Å². The molecule has 0 bridgehead atoms. The number of hydrogen-bond acceptors (Lipinski definition) is 7. The van der Waals surface area contributed by atoms with Gasteiger partial charge in [-0.05, 0) is 0 Å². The number of aliphatic hydroxyl groups excluding tert-OH is 2. The van der Waals surface area contributed by atoms with E-state index < -0.39 is 24.5 Å². The number of fused-ring (bicyclic) bond motifs is 1. The van der Waals surface area contributed by atoms with Crippen LogP contribution in [0.5, 0.6) is 0 Å². The van der Waals surface area contributed by atoms with E-state index in [2.05, 4.69) is 20.9 Å². The Labute approximate surface area is 107 Å². The number of rotatable bonds is 1. The molecule has 0 saturated carbocycles. The second kappa shape index (κ2) is 4.17. The number of ether oxygens (including phenoxy) is 1. The van der Waals surface area contributed by atoms with Gasteiger partial charge in [-0.1, -0.05) is 5.92 Å². The van der Waals surface area contributed by atoms with Crippen LogP contribution in [0.1, 0.15) is 6.23 Å². The normalized spacial score (nSPS) is 30.6. The summed E-state index contributed by atoms with van der Waals surface area (Å²) in [5, 5.41) is 19.7. The van der Waals surface area contributed by atoms with Gasteiger partial charge in [0.25, 0.3) is 0 Å². The van der Waals surface area contributed by atoms with Gasteiger partial charge in [-0.25, -0.2) is 15.0 Å². The quantitative estimate of drug-likeness (QED) is 0.543. The maximum Gasteiger partial charge on any atom is 0.167 e. The van der Waals surface area contributed by atoms with E-state index >= 15 is 0 Å². The minimum Gasteiger partial charge on any atom is -0.386 e. The first kappa shape index (κ1) is 11.9. The summed E-state index contributed by atoms with van der Waals surface area (Å²) in [6.45, 7) is 0. The summed E-state index contributed by atoms with van der Waals surface area (Å²) >= 11 is 0. The molecule has 1 aliphatic heterocycles. The average Bonchev–Trinajstić information content (AvgIpc) is 2.94. The van der Waals surface area contributed by atoms with Gasteiger partial charge < -0.3 is 20.7 Å². The molecule has 1 aliphatic rings. The molecule has 3 heterocycles. The lowest BCUT2D eigenvalue weighted by molar-refractivity contribution is -0.0230. The van der Waals surface area contributed by atoms with Crippen LogP contribution in [0.25, 0.3) is 11.2 Å². The maximum atomic E-state index is 9.97. The number of aliphatic hydroxyl groups is 2. The highest BCUT2D eigenvalue weighted by molar-refractivity contribution is 5.81. The first-order chi connectivity index (χ1) is 9.13. The Kier molecular flexibility index (Phi) is 2.60. The standard InChI is InChI=1S/C11H11N5O3/c1-2-5-7(17)8(18)11(19-5)16-4-15-6-9(12)13-3-14-10(6)16/h1,3-5,7-8,11,17-18H,(H2,12,13,14)/t5-,7-,8-,11-/m0/s1. The maximum absolute atomic E-state index is 9.97. The smallest absolute Gasteiger partial charge is 0.167 e. The summed E-state index contributed by atoms with van der Waals surface area (Å²) in [7, 11) is 0. The van der Waals surface area contributed by atoms with Crippen molar-refractivity contribution in [2.45, 2.75) is 24.5 Å². The van der Waals surface area contributed by atoms with E-state index in [0.717, 1.165) is 0 Å². The van der Waals surface area contributed by atoms with E-state index in [0.29, 0.717) is 11.2 Å². The van der Waals surface area contributed by atoms with Gasteiger partial charge in [0.15, 0.2) is 17.7 Å². The second-order valence-corrected chi connectivity index (χ2v) is 4.18. The molecule has 0 radical (unpaired) electrons.